The Morgan fingerprint density at radius 1 is 1.35 bits per heavy atom. The van der Waals surface area contributed by atoms with Gasteiger partial charge in [-0.15, -0.1) is 12.4 Å². The van der Waals surface area contributed by atoms with E-state index in [1.54, 1.807) is 0 Å². The van der Waals surface area contributed by atoms with Gasteiger partial charge >= 0.3 is 0 Å². The highest BCUT2D eigenvalue weighted by molar-refractivity contribution is 5.85. The number of hydrogen-bond acceptors (Lipinski definition) is 2. The van der Waals surface area contributed by atoms with Gasteiger partial charge in [-0.3, -0.25) is 4.79 Å². The lowest BCUT2D eigenvalue weighted by Gasteiger charge is -2.39. The van der Waals surface area contributed by atoms with E-state index in [0.29, 0.717) is 12.0 Å². The molecular weight excluding hydrogens is 236 g/mol. The minimum atomic E-state index is -0.347. The molecule has 0 spiro atoms. The number of amides is 1. The molecule has 0 radical (unpaired) electrons. The molecule has 1 rings (SSSR count). The van der Waals surface area contributed by atoms with Crippen LogP contribution in [0.15, 0.2) is 0 Å². The lowest BCUT2D eigenvalue weighted by Crippen LogP contribution is -2.49. The molecule has 1 amide bonds. The van der Waals surface area contributed by atoms with E-state index in [4.69, 9.17) is 5.73 Å². The number of carbonyl (C=O) groups is 1. The topological polar surface area (TPSA) is 55.1 Å². The summed E-state index contributed by atoms with van der Waals surface area (Å²) in [6, 6.07) is 0. The molecule has 0 aromatic rings. The van der Waals surface area contributed by atoms with Crippen LogP contribution >= 0.6 is 12.4 Å². The Morgan fingerprint density at radius 2 is 1.88 bits per heavy atom. The van der Waals surface area contributed by atoms with E-state index in [1.807, 2.05) is 13.8 Å². The molecule has 0 aliphatic heterocycles. The molecule has 1 aliphatic rings. The van der Waals surface area contributed by atoms with Gasteiger partial charge in [0.1, 0.15) is 0 Å². The second-order valence-electron chi connectivity index (χ2n) is 5.54. The molecule has 0 heterocycles. The molecule has 0 aromatic carbocycles. The van der Waals surface area contributed by atoms with Gasteiger partial charge in [0.05, 0.1) is 5.41 Å². The van der Waals surface area contributed by atoms with Crippen LogP contribution in [0.5, 0.6) is 0 Å². The maximum atomic E-state index is 12.2. The molecule has 1 fully saturated rings. The first-order valence-corrected chi connectivity index (χ1v) is 6.50. The van der Waals surface area contributed by atoms with Crippen LogP contribution in [0, 0.1) is 10.8 Å². The fourth-order valence-electron chi connectivity index (χ4n) is 2.39. The lowest BCUT2D eigenvalue weighted by atomic mass is 9.70. The first-order chi connectivity index (χ1) is 7.52. The first-order valence-electron chi connectivity index (χ1n) is 6.50. The fourth-order valence-corrected chi connectivity index (χ4v) is 2.39. The molecule has 1 saturated carbocycles. The van der Waals surface area contributed by atoms with Crippen LogP contribution in [-0.2, 0) is 4.79 Å². The van der Waals surface area contributed by atoms with Gasteiger partial charge in [-0.1, -0.05) is 27.2 Å². The Labute approximate surface area is 111 Å². The van der Waals surface area contributed by atoms with Gasteiger partial charge in [-0.25, -0.2) is 0 Å². The third-order valence-corrected chi connectivity index (χ3v) is 4.46. The summed E-state index contributed by atoms with van der Waals surface area (Å²) in [5, 5.41) is 3.10. The molecule has 3 nitrogen and oxygen atoms in total. The minimum absolute atomic E-state index is 0. The van der Waals surface area contributed by atoms with Crippen molar-refractivity contribution in [1.82, 2.24) is 5.32 Å². The van der Waals surface area contributed by atoms with Crippen LogP contribution in [-0.4, -0.2) is 19.0 Å². The summed E-state index contributed by atoms with van der Waals surface area (Å²) in [5.41, 5.74) is 5.75. The van der Waals surface area contributed by atoms with E-state index in [9.17, 15) is 4.79 Å². The van der Waals surface area contributed by atoms with Crippen molar-refractivity contribution in [3.63, 3.8) is 0 Å². The Kier molecular flexibility index (Phi) is 6.49. The van der Waals surface area contributed by atoms with Crippen LogP contribution in [0.4, 0.5) is 0 Å². The lowest BCUT2D eigenvalue weighted by molar-refractivity contribution is -0.131. The summed E-state index contributed by atoms with van der Waals surface area (Å²) in [6.45, 7) is 7.59. The van der Waals surface area contributed by atoms with E-state index < -0.39 is 0 Å². The quantitative estimate of drug-likeness (QED) is 0.773. The van der Waals surface area contributed by atoms with E-state index in [1.165, 1.54) is 19.3 Å². The van der Waals surface area contributed by atoms with Gasteiger partial charge in [0.2, 0.25) is 5.91 Å². The van der Waals surface area contributed by atoms with Crippen molar-refractivity contribution in [3.05, 3.63) is 0 Å². The van der Waals surface area contributed by atoms with Crippen LogP contribution in [0.2, 0.25) is 0 Å². The molecular formula is C13H27ClN2O. The van der Waals surface area contributed by atoms with Crippen LogP contribution < -0.4 is 11.1 Å². The normalized spacial score (nSPS) is 17.9. The zero-order valence-electron chi connectivity index (χ0n) is 11.3. The van der Waals surface area contributed by atoms with Crippen molar-refractivity contribution < 1.29 is 4.79 Å². The summed E-state index contributed by atoms with van der Waals surface area (Å²) in [4.78, 5) is 12.2. The molecule has 3 N–H and O–H groups in total. The average molecular weight is 263 g/mol. The van der Waals surface area contributed by atoms with Gasteiger partial charge in [-0.2, -0.15) is 0 Å². The molecule has 1 aliphatic carbocycles. The van der Waals surface area contributed by atoms with Gasteiger partial charge < -0.3 is 11.1 Å². The van der Waals surface area contributed by atoms with Crippen LogP contribution in [0.25, 0.3) is 0 Å². The number of carbonyl (C=O) groups excluding carboxylic acids is 1. The van der Waals surface area contributed by atoms with E-state index >= 15 is 0 Å². The smallest absolute Gasteiger partial charge is 0.227 e. The summed E-state index contributed by atoms with van der Waals surface area (Å²) in [7, 11) is 0. The SMILES string of the molecule is CCC(CC)(CN)C(=O)NCC1(C)CCC1.Cl. The molecule has 0 saturated heterocycles. The third-order valence-electron chi connectivity index (χ3n) is 4.46. The number of rotatable bonds is 6. The molecule has 0 unspecified atom stereocenters. The molecule has 0 aromatic heterocycles. The standard InChI is InChI=1S/C13H26N2O.ClH/c1-4-13(5-2,9-14)11(16)15-10-12(3)7-6-8-12;/h4-10,14H2,1-3H3,(H,15,16);1H. The number of halogens is 1. The summed E-state index contributed by atoms with van der Waals surface area (Å²) in [5.74, 6) is 0.146. The van der Waals surface area contributed by atoms with Crippen molar-refractivity contribution in [3.8, 4) is 0 Å². The fraction of sp³-hybridized carbons (Fsp3) is 0.923. The van der Waals surface area contributed by atoms with Crippen molar-refractivity contribution >= 4 is 18.3 Å². The summed E-state index contributed by atoms with van der Waals surface area (Å²) in [6.07, 6.45) is 5.42. The second kappa shape index (κ2) is 6.60. The van der Waals surface area contributed by atoms with E-state index in [-0.39, 0.29) is 23.7 Å². The molecule has 17 heavy (non-hydrogen) atoms. The monoisotopic (exact) mass is 262 g/mol. The Morgan fingerprint density at radius 3 is 2.18 bits per heavy atom. The highest BCUT2D eigenvalue weighted by atomic mass is 35.5. The predicted molar refractivity (Wildman–Crippen MR) is 74.3 cm³/mol. The van der Waals surface area contributed by atoms with E-state index in [2.05, 4.69) is 12.2 Å². The molecule has 4 heteroatoms. The van der Waals surface area contributed by atoms with Gasteiger partial charge in [0, 0.05) is 13.1 Å². The Hall–Kier alpha value is -0.280. The Balaban J connectivity index is 0.00000256. The van der Waals surface area contributed by atoms with Gasteiger partial charge in [0.15, 0.2) is 0 Å². The highest BCUT2D eigenvalue weighted by Crippen LogP contribution is 2.39. The number of nitrogens with two attached hydrogens (primary N) is 1. The zero-order valence-corrected chi connectivity index (χ0v) is 12.2. The molecule has 0 atom stereocenters. The van der Waals surface area contributed by atoms with Crippen molar-refractivity contribution in [1.29, 1.82) is 0 Å². The molecule has 0 bridgehead atoms. The largest absolute Gasteiger partial charge is 0.355 e. The van der Waals surface area contributed by atoms with E-state index in [0.717, 1.165) is 19.4 Å². The maximum Gasteiger partial charge on any atom is 0.227 e. The number of nitrogens with one attached hydrogen (secondary N) is 1. The molecule has 102 valence electrons. The third kappa shape index (κ3) is 3.59. The van der Waals surface area contributed by atoms with Crippen molar-refractivity contribution in [2.24, 2.45) is 16.6 Å². The second-order valence-corrected chi connectivity index (χ2v) is 5.54. The predicted octanol–water partition coefficient (Wildman–Crippen LogP) is 2.48. The number of hydrogen-bond donors (Lipinski definition) is 2. The minimum Gasteiger partial charge on any atom is -0.355 e. The highest BCUT2D eigenvalue weighted by Gasteiger charge is 2.36. The van der Waals surface area contributed by atoms with Gasteiger partial charge in [-0.05, 0) is 31.1 Å². The van der Waals surface area contributed by atoms with Crippen LogP contribution in [0.1, 0.15) is 52.9 Å². The summed E-state index contributed by atoms with van der Waals surface area (Å²) >= 11 is 0. The average Bonchev–Trinajstić information content (AvgIpc) is 2.27. The van der Waals surface area contributed by atoms with Gasteiger partial charge in [0.25, 0.3) is 0 Å². The van der Waals surface area contributed by atoms with Crippen molar-refractivity contribution in [2.45, 2.75) is 52.9 Å². The van der Waals surface area contributed by atoms with Crippen molar-refractivity contribution in [2.75, 3.05) is 13.1 Å². The Bertz CT molecular complexity index is 240. The van der Waals surface area contributed by atoms with Crippen LogP contribution in [0.3, 0.4) is 0 Å². The summed E-state index contributed by atoms with van der Waals surface area (Å²) < 4.78 is 0. The zero-order chi connectivity index (χ0) is 12.2. The first kappa shape index (κ1) is 16.7. The maximum absolute atomic E-state index is 12.2.